The molecule has 3 N–H and O–H groups in total. The van der Waals surface area contributed by atoms with Gasteiger partial charge in [-0.2, -0.15) is 0 Å². The lowest BCUT2D eigenvalue weighted by atomic mass is 9.93. The molecule has 1 aliphatic carbocycles. The molecule has 3 aromatic heterocycles. The standard InChI is InChI=1S/C29H29N5O3/c1-17-23(15-31-28(36)26-13-19-7-3-4-8-24(19)32-26)21-10-11-34(16-20(21)14-30-17)29(37)22-12-18-6-2-5-9-25(18)33-27(22)35/h3-4,7-8,12-14,32H,2,5-6,9-11,15-16H2,1H3,(H,31,36)(H,33,35). The van der Waals surface area contributed by atoms with Gasteiger partial charge in [-0.3, -0.25) is 19.4 Å². The lowest BCUT2D eigenvalue weighted by Crippen LogP contribution is -2.39. The van der Waals surface area contributed by atoms with E-state index in [1.807, 2.05) is 43.5 Å². The summed E-state index contributed by atoms with van der Waals surface area (Å²) in [4.78, 5) is 51.3. The van der Waals surface area contributed by atoms with Gasteiger partial charge in [-0.25, -0.2) is 0 Å². The average molecular weight is 496 g/mol. The molecule has 0 radical (unpaired) electrons. The Morgan fingerprint density at radius 3 is 2.76 bits per heavy atom. The Morgan fingerprint density at radius 1 is 1.05 bits per heavy atom. The molecule has 0 spiro atoms. The van der Waals surface area contributed by atoms with Crippen LogP contribution in [0.5, 0.6) is 0 Å². The summed E-state index contributed by atoms with van der Waals surface area (Å²) in [5.41, 5.74) is 7.32. The fourth-order valence-electron chi connectivity index (χ4n) is 5.59. The van der Waals surface area contributed by atoms with Gasteiger partial charge in [0.15, 0.2) is 0 Å². The van der Waals surface area contributed by atoms with E-state index >= 15 is 0 Å². The van der Waals surface area contributed by atoms with E-state index < -0.39 is 0 Å². The first-order valence-electron chi connectivity index (χ1n) is 12.8. The Kier molecular flexibility index (Phi) is 5.87. The molecular weight excluding hydrogens is 466 g/mol. The van der Waals surface area contributed by atoms with Gasteiger partial charge in [0.2, 0.25) is 0 Å². The van der Waals surface area contributed by atoms with Gasteiger partial charge in [0.05, 0.1) is 0 Å². The van der Waals surface area contributed by atoms with Crippen LogP contribution < -0.4 is 10.9 Å². The highest BCUT2D eigenvalue weighted by Gasteiger charge is 2.27. The van der Waals surface area contributed by atoms with Crippen molar-refractivity contribution in [3.8, 4) is 0 Å². The minimum atomic E-state index is -0.307. The first kappa shape index (κ1) is 23.2. The summed E-state index contributed by atoms with van der Waals surface area (Å²) in [6, 6.07) is 11.4. The number of carbonyl (C=O) groups excluding carboxylic acids is 2. The van der Waals surface area contributed by atoms with E-state index in [4.69, 9.17) is 0 Å². The third-order valence-electron chi connectivity index (χ3n) is 7.65. The number of amides is 2. The smallest absolute Gasteiger partial charge is 0.267 e. The maximum absolute atomic E-state index is 13.3. The zero-order chi connectivity index (χ0) is 25.5. The Bertz CT molecular complexity index is 1570. The number of benzene rings is 1. The largest absolute Gasteiger partial charge is 0.351 e. The van der Waals surface area contributed by atoms with Crippen molar-refractivity contribution in [2.24, 2.45) is 0 Å². The summed E-state index contributed by atoms with van der Waals surface area (Å²) in [6.07, 6.45) is 6.35. The van der Waals surface area contributed by atoms with Crippen LogP contribution in [-0.4, -0.2) is 38.2 Å². The number of pyridine rings is 2. The summed E-state index contributed by atoms with van der Waals surface area (Å²) in [7, 11) is 0. The first-order chi connectivity index (χ1) is 18.0. The van der Waals surface area contributed by atoms with Crippen molar-refractivity contribution in [3.63, 3.8) is 0 Å². The SMILES string of the molecule is Cc1ncc2c(c1CNC(=O)c1cc3ccccc3[nH]1)CCN(C(=O)c1cc3c([nH]c1=O)CCCC3)C2. The van der Waals surface area contributed by atoms with Gasteiger partial charge in [-0.1, -0.05) is 18.2 Å². The quantitative estimate of drug-likeness (QED) is 0.402. The summed E-state index contributed by atoms with van der Waals surface area (Å²) in [6.45, 7) is 3.19. The molecule has 0 fully saturated rings. The van der Waals surface area contributed by atoms with Gasteiger partial charge in [-0.05, 0) is 79.5 Å². The number of rotatable bonds is 4. The van der Waals surface area contributed by atoms with Crippen molar-refractivity contribution in [2.45, 2.75) is 52.1 Å². The number of hydrogen-bond donors (Lipinski definition) is 3. The molecular formula is C29H29N5O3. The van der Waals surface area contributed by atoms with E-state index in [0.29, 0.717) is 31.7 Å². The van der Waals surface area contributed by atoms with Crippen molar-refractivity contribution in [2.75, 3.05) is 6.54 Å². The fourth-order valence-corrected chi connectivity index (χ4v) is 5.59. The molecule has 4 aromatic rings. The molecule has 0 bridgehead atoms. The third kappa shape index (κ3) is 4.33. The third-order valence-corrected chi connectivity index (χ3v) is 7.65. The molecule has 0 saturated heterocycles. The maximum atomic E-state index is 13.3. The minimum Gasteiger partial charge on any atom is -0.351 e. The highest BCUT2D eigenvalue weighted by Crippen LogP contribution is 2.26. The molecule has 0 unspecified atom stereocenters. The Labute approximate surface area is 214 Å². The number of aryl methyl sites for hydroxylation is 3. The number of nitrogens with one attached hydrogen (secondary N) is 3. The Hall–Kier alpha value is -4.20. The molecule has 0 saturated carbocycles. The molecule has 4 heterocycles. The van der Waals surface area contributed by atoms with Crippen molar-refractivity contribution in [1.29, 1.82) is 0 Å². The molecule has 2 aliphatic rings. The average Bonchev–Trinajstić information content (AvgIpc) is 3.36. The number of aromatic nitrogens is 3. The Morgan fingerprint density at radius 2 is 1.89 bits per heavy atom. The van der Waals surface area contributed by atoms with E-state index in [9.17, 15) is 14.4 Å². The van der Waals surface area contributed by atoms with Crippen LogP contribution in [0, 0.1) is 6.92 Å². The van der Waals surface area contributed by atoms with E-state index in [2.05, 4.69) is 20.3 Å². The van der Waals surface area contributed by atoms with Gasteiger partial charge in [0, 0.05) is 48.1 Å². The molecule has 0 atom stereocenters. The van der Waals surface area contributed by atoms with Crippen molar-refractivity contribution in [1.82, 2.24) is 25.2 Å². The van der Waals surface area contributed by atoms with Crippen LogP contribution in [0.4, 0.5) is 0 Å². The van der Waals surface area contributed by atoms with Crippen molar-refractivity contribution < 1.29 is 9.59 Å². The maximum Gasteiger partial charge on any atom is 0.267 e. The van der Waals surface area contributed by atoms with Crippen LogP contribution in [0.2, 0.25) is 0 Å². The normalized spacial score (nSPS) is 14.8. The highest BCUT2D eigenvalue weighted by atomic mass is 16.2. The van der Waals surface area contributed by atoms with E-state index in [1.54, 1.807) is 11.0 Å². The number of aromatic amines is 2. The second-order valence-electron chi connectivity index (χ2n) is 9.98. The van der Waals surface area contributed by atoms with Gasteiger partial charge in [0.25, 0.3) is 17.4 Å². The molecule has 1 aliphatic heterocycles. The van der Waals surface area contributed by atoms with Crippen LogP contribution in [-0.2, 0) is 32.4 Å². The zero-order valence-electron chi connectivity index (χ0n) is 20.8. The van der Waals surface area contributed by atoms with Crippen LogP contribution in [0.15, 0.2) is 47.4 Å². The summed E-state index contributed by atoms with van der Waals surface area (Å²) in [5.74, 6) is -0.415. The lowest BCUT2D eigenvalue weighted by Gasteiger charge is -2.30. The fraction of sp³-hybridized carbons (Fsp3) is 0.310. The Balaban J connectivity index is 1.20. The number of para-hydroxylation sites is 1. The second-order valence-corrected chi connectivity index (χ2v) is 9.98. The number of hydrogen-bond acceptors (Lipinski definition) is 4. The minimum absolute atomic E-state index is 0.174. The topological polar surface area (TPSA) is 111 Å². The summed E-state index contributed by atoms with van der Waals surface area (Å²) in [5, 5.41) is 4.02. The number of H-pyrrole nitrogens is 2. The molecule has 188 valence electrons. The van der Waals surface area contributed by atoms with E-state index in [1.165, 1.54) is 0 Å². The van der Waals surface area contributed by atoms with E-state index in [-0.39, 0.29) is 22.9 Å². The molecule has 37 heavy (non-hydrogen) atoms. The summed E-state index contributed by atoms with van der Waals surface area (Å²) < 4.78 is 0. The van der Waals surface area contributed by atoms with Crippen LogP contribution in [0.25, 0.3) is 10.9 Å². The van der Waals surface area contributed by atoms with Crippen molar-refractivity contribution in [3.05, 3.63) is 97.8 Å². The van der Waals surface area contributed by atoms with Crippen LogP contribution in [0.1, 0.15) is 67.3 Å². The lowest BCUT2D eigenvalue weighted by molar-refractivity contribution is 0.0732. The van der Waals surface area contributed by atoms with E-state index in [0.717, 1.165) is 70.2 Å². The predicted molar refractivity (Wildman–Crippen MR) is 141 cm³/mol. The molecule has 6 rings (SSSR count). The van der Waals surface area contributed by atoms with Crippen molar-refractivity contribution >= 4 is 22.7 Å². The van der Waals surface area contributed by atoms with Gasteiger partial charge in [-0.15, -0.1) is 0 Å². The van der Waals surface area contributed by atoms with Gasteiger partial charge < -0.3 is 20.2 Å². The molecule has 2 amide bonds. The van der Waals surface area contributed by atoms with Gasteiger partial charge in [0.1, 0.15) is 11.3 Å². The predicted octanol–water partition coefficient (Wildman–Crippen LogP) is 3.57. The number of carbonyl (C=O) groups is 2. The highest BCUT2D eigenvalue weighted by molar-refractivity contribution is 5.98. The zero-order valence-corrected chi connectivity index (χ0v) is 20.8. The van der Waals surface area contributed by atoms with Gasteiger partial charge >= 0.3 is 0 Å². The van der Waals surface area contributed by atoms with Crippen LogP contribution >= 0.6 is 0 Å². The number of fused-ring (bicyclic) bond motifs is 3. The molecule has 1 aromatic carbocycles. The summed E-state index contributed by atoms with van der Waals surface area (Å²) >= 11 is 0. The molecule has 8 nitrogen and oxygen atoms in total. The first-order valence-corrected chi connectivity index (χ1v) is 12.8. The number of nitrogens with zero attached hydrogens (tertiary/aromatic N) is 2. The second kappa shape index (κ2) is 9.35. The van der Waals surface area contributed by atoms with Crippen LogP contribution in [0.3, 0.4) is 0 Å². The monoisotopic (exact) mass is 495 g/mol. The molecule has 8 heteroatoms.